The molecule has 1 amide bonds. The first-order valence-corrected chi connectivity index (χ1v) is 11.2. The molecule has 3 heterocycles. The molecule has 0 unspecified atom stereocenters. The second-order valence-corrected chi connectivity index (χ2v) is 8.83. The SMILES string of the molecule is Cc1ccccc1C1=NN2C(=N)/C(=C/c3cc(C)n(-c4ccc(F)cc4)c3C)C(=O)N=C2S1. The lowest BCUT2D eigenvalue weighted by molar-refractivity contribution is -0.114. The lowest BCUT2D eigenvalue weighted by Crippen LogP contribution is -2.35. The van der Waals surface area contributed by atoms with Crippen molar-refractivity contribution in [1.82, 2.24) is 9.58 Å². The molecule has 1 aromatic heterocycles. The van der Waals surface area contributed by atoms with Gasteiger partial charge in [-0.3, -0.25) is 10.2 Å². The standard InChI is InChI=1S/C25H20FN5OS/c1-14-6-4-5-7-20(14)24-29-31-22(27)21(23(32)28-25(31)33-24)13-17-12-15(2)30(16(17)3)19-10-8-18(26)9-11-19/h4-13,27H,1-3H3/b21-13-,27-22?. The molecule has 6 nitrogen and oxygen atoms in total. The molecule has 0 saturated carbocycles. The lowest BCUT2D eigenvalue weighted by atomic mass is 10.1. The first-order valence-electron chi connectivity index (χ1n) is 10.3. The van der Waals surface area contributed by atoms with Gasteiger partial charge in [-0.05, 0) is 80.1 Å². The number of aliphatic imine (C=N–C) groups is 1. The summed E-state index contributed by atoms with van der Waals surface area (Å²) in [4.78, 5) is 17.0. The van der Waals surface area contributed by atoms with Crippen molar-refractivity contribution in [2.75, 3.05) is 0 Å². The highest BCUT2D eigenvalue weighted by Crippen LogP contribution is 2.32. The van der Waals surface area contributed by atoms with Gasteiger partial charge in [-0.25, -0.2) is 4.39 Å². The number of amidine groups is 2. The molecule has 0 radical (unpaired) electrons. The van der Waals surface area contributed by atoms with Crippen LogP contribution >= 0.6 is 11.8 Å². The van der Waals surface area contributed by atoms with Gasteiger partial charge in [0.1, 0.15) is 10.9 Å². The zero-order valence-electron chi connectivity index (χ0n) is 18.3. The average Bonchev–Trinajstić information content (AvgIpc) is 3.33. The van der Waals surface area contributed by atoms with Gasteiger partial charge in [0, 0.05) is 22.6 Å². The summed E-state index contributed by atoms with van der Waals surface area (Å²) in [6.07, 6.45) is 1.68. The quantitative estimate of drug-likeness (QED) is 0.549. The van der Waals surface area contributed by atoms with Crippen LogP contribution in [0.1, 0.15) is 28.1 Å². The van der Waals surface area contributed by atoms with E-state index in [4.69, 9.17) is 5.41 Å². The molecule has 0 aliphatic carbocycles. The summed E-state index contributed by atoms with van der Waals surface area (Å²) in [6, 6.07) is 16.0. The molecule has 1 N–H and O–H groups in total. The second kappa shape index (κ2) is 7.97. The minimum absolute atomic E-state index is 0.00679. The number of aryl methyl sites for hydroxylation is 2. The van der Waals surface area contributed by atoms with E-state index in [1.165, 1.54) is 28.9 Å². The number of nitrogens with zero attached hydrogens (tertiary/aromatic N) is 4. The average molecular weight is 458 g/mol. The van der Waals surface area contributed by atoms with E-state index in [2.05, 4.69) is 10.1 Å². The molecule has 0 saturated heterocycles. The van der Waals surface area contributed by atoms with Crippen LogP contribution in [-0.4, -0.2) is 31.5 Å². The maximum absolute atomic E-state index is 13.4. The first kappa shape index (κ1) is 21.1. The van der Waals surface area contributed by atoms with Gasteiger partial charge in [-0.15, -0.1) is 0 Å². The number of fused-ring (bicyclic) bond motifs is 1. The summed E-state index contributed by atoms with van der Waals surface area (Å²) in [5.41, 5.74) is 5.61. The summed E-state index contributed by atoms with van der Waals surface area (Å²) in [6.45, 7) is 5.86. The largest absolute Gasteiger partial charge is 0.318 e. The van der Waals surface area contributed by atoms with E-state index in [0.717, 1.165) is 33.8 Å². The van der Waals surface area contributed by atoms with Crippen molar-refractivity contribution in [3.8, 4) is 5.69 Å². The van der Waals surface area contributed by atoms with Crippen LogP contribution in [-0.2, 0) is 4.79 Å². The Balaban J connectivity index is 1.52. The van der Waals surface area contributed by atoms with Gasteiger partial charge in [0.25, 0.3) is 5.91 Å². The van der Waals surface area contributed by atoms with Gasteiger partial charge in [0.15, 0.2) is 5.84 Å². The van der Waals surface area contributed by atoms with E-state index < -0.39 is 5.91 Å². The highest BCUT2D eigenvalue weighted by molar-refractivity contribution is 8.27. The van der Waals surface area contributed by atoms with Crippen LogP contribution in [0.3, 0.4) is 0 Å². The molecule has 5 rings (SSSR count). The molecule has 8 heteroatoms. The number of hydrazone groups is 1. The fourth-order valence-electron chi connectivity index (χ4n) is 3.99. The van der Waals surface area contributed by atoms with Gasteiger partial charge < -0.3 is 4.57 Å². The van der Waals surface area contributed by atoms with Crippen molar-refractivity contribution in [2.45, 2.75) is 20.8 Å². The number of amides is 1. The number of hydrogen-bond acceptors (Lipinski definition) is 4. The highest BCUT2D eigenvalue weighted by Gasteiger charge is 2.36. The second-order valence-electron chi connectivity index (χ2n) is 7.88. The van der Waals surface area contributed by atoms with Crippen LogP contribution in [0.15, 0.2) is 70.3 Å². The number of benzene rings is 2. The highest BCUT2D eigenvalue weighted by atomic mass is 32.2. The third kappa shape index (κ3) is 3.62. The van der Waals surface area contributed by atoms with E-state index in [1.807, 2.05) is 55.7 Å². The van der Waals surface area contributed by atoms with Gasteiger partial charge in [0.05, 0.1) is 5.57 Å². The molecule has 2 aliphatic heterocycles. The molecule has 3 aromatic rings. The predicted octanol–water partition coefficient (Wildman–Crippen LogP) is 5.21. The molecule has 2 aliphatic rings. The van der Waals surface area contributed by atoms with Crippen LogP contribution in [0.5, 0.6) is 0 Å². The maximum Gasteiger partial charge on any atom is 0.283 e. The Bertz CT molecular complexity index is 1420. The number of hydrogen-bond donors (Lipinski definition) is 1. The Kier molecular flexibility index (Phi) is 5.09. The minimum atomic E-state index is -0.466. The summed E-state index contributed by atoms with van der Waals surface area (Å²) < 4.78 is 15.3. The van der Waals surface area contributed by atoms with Crippen molar-refractivity contribution in [2.24, 2.45) is 10.1 Å². The Morgan fingerprint density at radius 1 is 1.06 bits per heavy atom. The smallest absolute Gasteiger partial charge is 0.283 e. The predicted molar refractivity (Wildman–Crippen MR) is 130 cm³/mol. The number of aromatic nitrogens is 1. The third-order valence-corrected chi connectivity index (χ3v) is 6.63. The molecule has 0 atom stereocenters. The van der Waals surface area contributed by atoms with E-state index >= 15 is 0 Å². The molecule has 0 bridgehead atoms. The normalized spacial score (nSPS) is 16.8. The molecular formula is C25H20FN5OS. The topological polar surface area (TPSA) is 73.8 Å². The molecule has 0 fully saturated rings. The fourth-order valence-corrected chi connectivity index (χ4v) is 4.97. The molecule has 164 valence electrons. The Morgan fingerprint density at radius 2 is 1.79 bits per heavy atom. The molecule has 2 aromatic carbocycles. The van der Waals surface area contributed by atoms with Crippen molar-refractivity contribution in [3.05, 3.63) is 94.1 Å². The van der Waals surface area contributed by atoms with Gasteiger partial charge in [-0.1, -0.05) is 24.3 Å². The summed E-state index contributed by atoms with van der Waals surface area (Å²) in [5, 5.41) is 15.7. The zero-order chi connectivity index (χ0) is 23.3. The molecule has 33 heavy (non-hydrogen) atoms. The molecular weight excluding hydrogens is 437 g/mol. The first-order chi connectivity index (χ1) is 15.8. The number of nitrogens with one attached hydrogen (secondary N) is 1. The fraction of sp³-hybridized carbons (Fsp3) is 0.120. The van der Waals surface area contributed by atoms with Gasteiger partial charge in [0.2, 0.25) is 5.17 Å². The van der Waals surface area contributed by atoms with E-state index in [-0.39, 0.29) is 17.2 Å². The van der Waals surface area contributed by atoms with Crippen molar-refractivity contribution in [3.63, 3.8) is 0 Å². The third-order valence-electron chi connectivity index (χ3n) is 5.68. The number of halogens is 1. The van der Waals surface area contributed by atoms with Crippen LogP contribution in [0.25, 0.3) is 11.8 Å². The van der Waals surface area contributed by atoms with Crippen LogP contribution in [0, 0.1) is 32.0 Å². The van der Waals surface area contributed by atoms with E-state index in [9.17, 15) is 9.18 Å². The van der Waals surface area contributed by atoms with Crippen LogP contribution < -0.4 is 0 Å². The van der Waals surface area contributed by atoms with Crippen LogP contribution in [0.2, 0.25) is 0 Å². The minimum Gasteiger partial charge on any atom is -0.318 e. The zero-order valence-corrected chi connectivity index (χ0v) is 19.1. The summed E-state index contributed by atoms with van der Waals surface area (Å²) in [7, 11) is 0. The number of thioether (sulfide) groups is 1. The Hall–Kier alpha value is -3.78. The Labute approximate surface area is 194 Å². The number of carbonyl (C=O) groups excluding carboxylic acids is 1. The van der Waals surface area contributed by atoms with Crippen LogP contribution in [0.4, 0.5) is 4.39 Å². The van der Waals surface area contributed by atoms with Gasteiger partial charge >= 0.3 is 0 Å². The summed E-state index contributed by atoms with van der Waals surface area (Å²) >= 11 is 1.29. The van der Waals surface area contributed by atoms with Crippen molar-refractivity contribution in [1.29, 1.82) is 5.41 Å². The number of rotatable bonds is 3. The van der Waals surface area contributed by atoms with E-state index in [1.54, 1.807) is 18.2 Å². The lowest BCUT2D eigenvalue weighted by Gasteiger charge is -2.20. The Morgan fingerprint density at radius 3 is 2.52 bits per heavy atom. The van der Waals surface area contributed by atoms with Gasteiger partial charge in [-0.2, -0.15) is 15.1 Å². The maximum atomic E-state index is 13.4. The molecule has 0 spiro atoms. The van der Waals surface area contributed by atoms with E-state index in [0.29, 0.717) is 10.2 Å². The van der Waals surface area contributed by atoms with Crippen molar-refractivity contribution < 1.29 is 9.18 Å². The number of carbonyl (C=O) groups is 1. The summed E-state index contributed by atoms with van der Waals surface area (Å²) in [5.74, 6) is -0.771. The monoisotopic (exact) mass is 457 g/mol. The van der Waals surface area contributed by atoms with Crippen molar-refractivity contribution >= 4 is 39.8 Å².